The Kier molecular flexibility index (Phi) is 3.82. The molecule has 0 bridgehead atoms. The molecule has 4 nitrogen and oxygen atoms in total. The van der Waals surface area contributed by atoms with Gasteiger partial charge in [0.15, 0.2) is 5.58 Å². The molecule has 2 aromatic heterocycles. The molecule has 0 aliphatic carbocycles. The standard InChI is InChI=1S/C15H13N3O.ClH/c1-9-10(2)19-15-12(8-16)5-11(6-13(9)15)7-14-17-3-4-18-14;/h3-6H,7H2,1-2H3,(H,17,18);1H. The number of hydrogen-bond donors (Lipinski definition) is 1. The highest BCUT2D eigenvalue weighted by molar-refractivity contribution is 5.87. The van der Waals surface area contributed by atoms with E-state index in [9.17, 15) is 5.26 Å². The number of aromatic amines is 1. The molecule has 0 saturated carbocycles. The van der Waals surface area contributed by atoms with Crippen LogP contribution in [0.5, 0.6) is 0 Å². The van der Waals surface area contributed by atoms with E-state index in [1.165, 1.54) is 0 Å². The van der Waals surface area contributed by atoms with Gasteiger partial charge in [0.05, 0.1) is 5.56 Å². The van der Waals surface area contributed by atoms with Crippen LogP contribution in [0.1, 0.15) is 28.3 Å². The minimum absolute atomic E-state index is 0. The summed E-state index contributed by atoms with van der Waals surface area (Å²) in [5.74, 6) is 1.75. The van der Waals surface area contributed by atoms with Crippen molar-refractivity contribution in [3.8, 4) is 6.07 Å². The summed E-state index contributed by atoms with van der Waals surface area (Å²) >= 11 is 0. The molecule has 1 aromatic carbocycles. The lowest BCUT2D eigenvalue weighted by Crippen LogP contribution is -1.92. The Morgan fingerprint density at radius 1 is 1.35 bits per heavy atom. The summed E-state index contributed by atoms with van der Waals surface area (Å²) in [7, 11) is 0. The minimum Gasteiger partial charge on any atom is -0.460 e. The molecule has 0 atom stereocenters. The van der Waals surface area contributed by atoms with Crippen LogP contribution in [0.25, 0.3) is 11.0 Å². The SMILES string of the molecule is Cc1oc2c(C#N)cc(Cc3ncc[nH]3)cc2c1C.Cl. The third kappa shape index (κ3) is 2.28. The van der Waals surface area contributed by atoms with Crippen LogP contribution in [0.3, 0.4) is 0 Å². The molecule has 3 rings (SSSR count). The van der Waals surface area contributed by atoms with Crippen LogP contribution < -0.4 is 0 Å². The lowest BCUT2D eigenvalue weighted by molar-refractivity contribution is 0.574. The molecule has 0 saturated heterocycles. The highest BCUT2D eigenvalue weighted by Gasteiger charge is 2.13. The summed E-state index contributed by atoms with van der Waals surface area (Å²) in [6.45, 7) is 3.93. The number of halogens is 1. The van der Waals surface area contributed by atoms with E-state index in [2.05, 4.69) is 22.1 Å². The van der Waals surface area contributed by atoms with Gasteiger partial charge in [-0.15, -0.1) is 12.4 Å². The molecule has 0 radical (unpaired) electrons. The molecule has 0 spiro atoms. The zero-order valence-electron chi connectivity index (χ0n) is 11.2. The fourth-order valence-corrected chi connectivity index (χ4v) is 2.27. The number of nitrogens with zero attached hydrogens (tertiary/aromatic N) is 2. The molecule has 0 aliphatic rings. The summed E-state index contributed by atoms with van der Waals surface area (Å²) < 4.78 is 5.66. The second kappa shape index (κ2) is 5.40. The van der Waals surface area contributed by atoms with Gasteiger partial charge in [-0.25, -0.2) is 4.98 Å². The van der Waals surface area contributed by atoms with Crippen LogP contribution >= 0.6 is 12.4 Å². The molecule has 0 fully saturated rings. The van der Waals surface area contributed by atoms with E-state index in [0.29, 0.717) is 17.6 Å². The van der Waals surface area contributed by atoms with Crippen molar-refractivity contribution < 1.29 is 4.42 Å². The van der Waals surface area contributed by atoms with Crippen LogP contribution in [0.15, 0.2) is 28.9 Å². The van der Waals surface area contributed by atoms with Crippen molar-refractivity contribution in [1.29, 1.82) is 5.26 Å². The number of fused-ring (bicyclic) bond motifs is 1. The molecular formula is C15H14ClN3O. The monoisotopic (exact) mass is 287 g/mol. The number of rotatable bonds is 2. The maximum absolute atomic E-state index is 9.25. The van der Waals surface area contributed by atoms with Crippen molar-refractivity contribution in [2.24, 2.45) is 0 Å². The van der Waals surface area contributed by atoms with Gasteiger partial charge in [-0.1, -0.05) is 0 Å². The van der Waals surface area contributed by atoms with Gasteiger partial charge in [-0.3, -0.25) is 0 Å². The highest BCUT2D eigenvalue weighted by atomic mass is 35.5. The summed E-state index contributed by atoms with van der Waals surface area (Å²) in [6, 6.07) is 6.15. The first kappa shape index (κ1) is 14.2. The number of nitriles is 1. The zero-order valence-corrected chi connectivity index (χ0v) is 12.0. The Hall–Kier alpha value is -2.25. The summed E-state index contributed by atoms with van der Waals surface area (Å²) in [6.07, 6.45) is 4.21. The number of aromatic nitrogens is 2. The van der Waals surface area contributed by atoms with Crippen molar-refractivity contribution in [3.05, 3.63) is 52.8 Å². The van der Waals surface area contributed by atoms with E-state index in [1.807, 2.05) is 19.9 Å². The Morgan fingerprint density at radius 3 is 2.80 bits per heavy atom. The third-order valence-electron chi connectivity index (χ3n) is 3.38. The second-order valence-corrected chi connectivity index (χ2v) is 4.63. The maximum Gasteiger partial charge on any atom is 0.152 e. The molecule has 20 heavy (non-hydrogen) atoms. The van der Waals surface area contributed by atoms with E-state index in [-0.39, 0.29) is 12.4 Å². The van der Waals surface area contributed by atoms with Crippen LogP contribution in [0.4, 0.5) is 0 Å². The van der Waals surface area contributed by atoms with Gasteiger partial charge in [-0.05, 0) is 37.1 Å². The van der Waals surface area contributed by atoms with Gasteiger partial charge in [0, 0.05) is 24.2 Å². The molecule has 5 heteroatoms. The molecule has 0 aliphatic heterocycles. The van der Waals surface area contributed by atoms with Crippen LogP contribution in [-0.2, 0) is 6.42 Å². The molecule has 3 aromatic rings. The van der Waals surface area contributed by atoms with Crippen molar-refractivity contribution >= 4 is 23.4 Å². The van der Waals surface area contributed by atoms with Crippen LogP contribution in [0, 0.1) is 25.2 Å². The predicted octanol–water partition coefficient (Wildman–Crippen LogP) is 3.66. The minimum atomic E-state index is 0. The van der Waals surface area contributed by atoms with Gasteiger partial charge < -0.3 is 9.40 Å². The van der Waals surface area contributed by atoms with Gasteiger partial charge >= 0.3 is 0 Å². The van der Waals surface area contributed by atoms with Crippen molar-refractivity contribution in [1.82, 2.24) is 9.97 Å². The average Bonchev–Trinajstić information content (AvgIpc) is 3.00. The van der Waals surface area contributed by atoms with E-state index < -0.39 is 0 Å². The Bertz CT molecular complexity index is 782. The first-order valence-electron chi connectivity index (χ1n) is 6.10. The molecule has 2 heterocycles. The second-order valence-electron chi connectivity index (χ2n) is 4.63. The van der Waals surface area contributed by atoms with E-state index >= 15 is 0 Å². The number of hydrogen-bond acceptors (Lipinski definition) is 3. The quantitative estimate of drug-likeness (QED) is 0.782. The fraction of sp³-hybridized carbons (Fsp3) is 0.200. The number of aryl methyl sites for hydroxylation is 2. The molecule has 0 amide bonds. The molecule has 1 N–H and O–H groups in total. The zero-order chi connectivity index (χ0) is 13.4. The molecular weight excluding hydrogens is 274 g/mol. The van der Waals surface area contributed by atoms with Gasteiger partial charge in [-0.2, -0.15) is 5.26 Å². The first-order valence-corrected chi connectivity index (χ1v) is 6.10. The number of nitrogens with one attached hydrogen (secondary N) is 1. The summed E-state index contributed by atoms with van der Waals surface area (Å²) in [4.78, 5) is 7.29. The fourth-order valence-electron chi connectivity index (χ4n) is 2.27. The Morgan fingerprint density at radius 2 is 2.15 bits per heavy atom. The summed E-state index contributed by atoms with van der Waals surface area (Å²) in [5, 5.41) is 10.3. The first-order chi connectivity index (χ1) is 9.19. The van der Waals surface area contributed by atoms with Crippen molar-refractivity contribution in [2.75, 3.05) is 0 Å². The number of benzene rings is 1. The van der Waals surface area contributed by atoms with Crippen molar-refractivity contribution in [3.63, 3.8) is 0 Å². The predicted molar refractivity (Wildman–Crippen MR) is 79.0 cm³/mol. The number of furan rings is 1. The largest absolute Gasteiger partial charge is 0.460 e. The highest BCUT2D eigenvalue weighted by Crippen LogP contribution is 2.29. The molecule has 102 valence electrons. The normalized spacial score (nSPS) is 10.2. The van der Waals surface area contributed by atoms with E-state index in [4.69, 9.17) is 4.42 Å². The number of H-pyrrole nitrogens is 1. The lowest BCUT2D eigenvalue weighted by Gasteiger charge is -2.01. The Balaban J connectivity index is 0.00000147. The third-order valence-corrected chi connectivity index (χ3v) is 3.38. The topological polar surface area (TPSA) is 65.6 Å². The molecule has 0 unspecified atom stereocenters. The maximum atomic E-state index is 9.25. The smallest absolute Gasteiger partial charge is 0.152 e. The van der Waals surface area contributed by atoms with Gasteiger partial charge in [0.1, 0.15) is 17.7 Å². The number of imidazole rings is 1. The average molecular weight is 288 g/mol. The van der Waals surface area contributed by atoms with Crippen LogP contribution in [-0.4, -0.2) is 9.97 Å². The van der Waals surface area contributed by atoms with Gasteiger partial charge in [0.2, 0.25) is 0 Å². The van der Waals surface area contributed by atoms with Crippen LogP contribution in [0.2, 0.25) is 0 Å². The van der Waals surface area contributed by atoms with E-state index in [0.717, 1.165) is 28.1 Å². The Labute approximate surface area is 122 Å². The summed E-state index contributed by atoms with van der Waals surface area (Å²) in [5.41, 5.74) is 3.41. The van der Waals surface area contributed by atoms with Gasteiger partial charge in [0.25, 0.3) is 0 Å². The lowest BCUT2D eigenvalue weighted by atomic mass is 10.0. The van der Waals surface area contributed by atoms with E-state index in [1.54, 1.807) is 12.4 Å². The van der Waals surface area contributed by atoms with Crippen molar-refractivity contribution in [2.45, 2.75) is 20.3 Å².